The van der Waals surface area contributed by atoms with Gasteiger partial charge in [0, 0.05) is 19.3 Å². The Morgan fingerprint density at radius 1 is 1.33 bits per heavy atom. The Kier molecular flexibility index (Phi) is 5.15. The van der Waals surface area contributed by atoms with E-state index in [0.717, 1.165) is 38.3 Å². The van der Waals surface area contributed by atoms with Gasteiger partial charge in [-0.25, -0.2) is 0 Å². The van der Waals surface area contributed by atoms with Crippen molar-refractivity contribution in [2.45, 2.75) is 51.2 Å². The predicted octanol–water partition coefficient (Wildman–Crippen LogP) is 3.70. The third-order valence-electron chi connectivity index (χ3n) is 4.32. The van der Waals surface area contributed by atoms with Crippen LogP contribution < -0.4 is 10.1 Å². The molecule has 1 heterocycles. The van der Waals surface area contributed by atoms with Crippen LogP contribution in [0, 0.1) is 5.92 Å². The molecule has 1 aliphatic carbocycles. The lowest BCUT2D eigenvalue weighted by Crippen LogP contribution is -2.24. The largest absolute Gasteiger partial charge is 0.490 e. The second kappa shape index (κ2) is 7.28. The molecule has 3 nitrogen and oxygen atoms in total. The third-order valence-corrected chi connectivity index (χ3v) is 4.32. The molecule has 2 unspecified atom stereocenters. The number of nitrogens with one attached hydrogen (secondary N) is 1. The zero-order valence-corrected chi connectivity index (χ0v) is 13.0. The number of ether oxygens (including phenoxy) is 2. The normalized spacial score (nSPS) is 23.2. The highest BCUT2D eigenvalue weighted by Crippen LogP contribution is 2.31. The molecule has 2 atom stereocenters. The first-order valence-electron chi connectivity index (χ1n) is 8.43. The van der Waals surface area contributed by atoms with Crippen molar-refractivity contribution in [2.75, 3.05) is 19.8 Å². The van der Waals surface area contributed by atoms with Gasteiger partial charge in [0.15, 0.2) is 0 Å². The van der Waals surface area contributed by atoms with Crippen molar-refractivity contribution in [1.29, 1.82) is 0 Å². The molecule has 0 amide bonds. The van der Waals surface area contributed by atoms with Gasteiger partial charge in [-0.2, -0.15) is 0 Å². The standard InChI is InChI=1S/C18H27NO2/c1-2-9-19-18(11-14-8-10-20-13-14)15-4-3-5-17(12-15)21-16-6-7-16/h3-5,12,14,16,18-19H,2,6-11,13H2,1H3. The lowest BCUT2D eigenvalue weighted by atomic mass is 9.94. The maximum atomic E-state index is 5.94. The van der Waals surface area contributed by atoms with Crippen molar-refractivity contribution in [3.63, 3.8) is 0 Å². The lowest BCUT2D eigenvalue weighted by Gasteiger charge is -2.22. The van der Waals surface area contributed by atoms with Crippen LogP contribution >= 0.6 is 0 Å². The van der Waals surface area contributed by atoms with Gasteiger partial charge in [0.2, 0.25) is 0 Å². The van der Waals surface area contributed by atoms with Crippen molar-refractivity contribution >= 4 is 0 Å². The summed E-state index contributed by atoms with van der Waals surface area (Å²) >= 11 is 0. The van der Waals surface area contributed by atoms with E-state index in [4.69, 9.17) is 9.47 Å². The molecule has 0 radical (unpaired) electrons. The Bertz CT molecular complexity index is 439. The Labute approximate surface area is 128 Å². The topological polar surface area (TPSA) is 30.5 Å². The van der Waals surface area contributed by atoms with E-state index in [1.165, 1.54) is 24.8 Å². The molecule has 3 heteroatoms. The molecule has 1 N–H and O–H groups in total. The van der Waals surface area contributed by atoms with E-state index in [-0.39, 0.29) is 0 Å². The molecule has 1 saturated heterocycles. The summed E-state index contributed by atoms with van der Waals surface area (Å²) in [5.74, 6) is 1.72. The second-order valence-electron chi connectivity index (χ2n) is 6.36. The third kappa shape index (κ3) is 4.45. The Hall–Kier alpha value is -1.06. The van der Waals surface area contributed by atoms with E-state index in [0.29, 0.717) is 18.1 Å². The number of hydrogen-bond acceptors (Lipinski definition) is 3. The van der Waals surface area contributed by atoms with Crippen molar-refractivity contribution in [2.24, 2.45) is 5.92 Å². The summed E-state index contributed by atoms with van der Waals surface area (Å²) < 4.78 is 11.5. The highest BCUT2D eigenvalue weighted by molar-refractivity contribution is 5.31. The second-order valence-corrected chi connectivity index (χ2v) is 6.36. The molecule has 116 valence electrons. The summed E-state index contributed by atoms with van der Waals surface area (Å²) in [6.07, 6.45) is 6.40. The highest BCUT2D eigenvalue weighted by Gasteiger charge is 2.25. The van der Waals surface area contributed by atoms with Crippen LogP contribution in [0.4, 0.5) is 0 Å². The van der Waals surface area contributed by atoms with Crippen LogP contribution in [0.5, 0.6) is 5.75 Å². The maximum Gasteiger partial charge on any atom is 0.120 e. The van der Waals surface area contributed by atoms with Gasteiger partial charge in [0.1, 0.15) is 5.75 Å². The van der Waals surface area contributed by atoms with Gasteiger partial charge < -0.3 is 14.8 Å². The van der Waals surface area contributed by atoms with Gasteiger partial charge >= 0.3 is 0 Å². The summed E-state index contributed by atoms with van der Waals surface area (Å²) in [6.45, 7) is 5.12. The summed E-state index contributed by atoms with van der Waals surface area (Å²) in [4.78, 5) is 0. The molecule has 1 aromatic carbocycles. The van der Waals surface area contributed by atoms with Gasteiger partial charge in [0.25, 0.3) is 0 Å². The molecule has 21 heavy (non-hydrogen) atoms. The fourth-order valence-corrected chi connectivity index (χ4v) is 2.94. The van der Waals surface area contributed by atoms with E-state index >= 15 is 0 Å². The van der Waals surface area contributed by atoms with Crippen LogP contribution in [-0.4, -0.2) is 25.9 Å². The minimum absolute atomic E-state index is 0.416. The van der Waals surface area contributed by atoms with E-state index < -0.39 is 0 Å². The molecule has 0 aromatic heterocycles. The van der Waals surface area contributed by atoms with Gasteiger partial charge in [-0.3, -0.25) is 0 Å². The molecule has 1 saturated carbocycles. The first-order valence-corrected chi connectivity index (χ1v) is 8.43. The molecule has 2 fully saturated rings. The Balaban J connectivity index is 1.67. The predicted molar refractivity (Wildman–Crippen MR) is 84.7 cm³/mol. The van der Waals surface area contributed by atoms with E-state index in [1.807, 2.05) is 0 Å². The van der Waals surface area contributed by atoms with E-state index in [1.54, 1.807) is 0 Å². The summed E-state index contributed by atoms with van der Waals surface area (Å²) in [5, 5.41) is 3.70. The molecule has 2 aliphatic rings. The number of benzene rings is 1. The van der Waals surface area contributed by atoms with Crippen molar-refractivity contribution in [3.8, 4) is 5.75 Å². The van der Waals surface area contributed by atoms with Crippen LogP contribution in [0.1, 0.15) is 50.6 Å². The smallest absolute Gasteiger partial charge is 0.120 e. The van der Waals surface area contributed by atoms with Crippen LogP contribution in [-0.2, 0) is 4.74 Å². The fraction of sp³-hybridized carbons (Fsp3) is 0.667. The molecule has 0 bridgehead atoms. The number of rotatable bonds is 8. The molecule has 1 aliphatic heterocycles. The quantitative estimate of drug-likeness (QED) is 0.791. The van der Waals surface area contributed by atoms with Gasteiger partial charge in [-0.15, -0.1) is 0 Å². The van der Waals surface area contributed by atoms with E-state index in [2.05, 4.69) is 36.5 Å². The van der Waals surface area contributed by atoms with Crippen LogP contribution in [0.2, 0.25) is 0 Å². The minimum atomic E-state index is 0.416. The molecular weight excluding hydrogens is 262 g/mol. The SMILES string of the molecule is CCCNC(CC1CCOC1)c1cccc(OC2CC2)c1. The average Bonchev–Trinajstić information content (AvgIpc) is 3.16. The average molecular weight is 289 g/mol. The summed E-state index contributed by atoms with van der Waals surface area (Å²) in [6, 6.07) is 9.07. The van der Waals surface area contributed by atoms with Gasteiger partial charge in [-0.05, 0) is 62.3 Å². The molecule has 3 rings (SSSR count). The van der Waals surface area contributed by atoms with E-state index in [9.17, 15) is 0 Å². The first kappa shape index (κ1) is 14.9. The number of hydrogen-bond donors (Lipinski definition) is 1. The van der Waals surface area contributed by atoms with Crippen molar-refractivity contribution in [3.05, 3.63) is 29.8 Å². The fourth-order valence-electron chi connectivity index (χ4n) is 2.94. The summed E-state index contributed by atoms with van der Waals surface area (Å²) in [5.41, 5.74) is 1.36. The molecular formula is C18H27NO2. The van der Waals surface area contributed by atoms with Crippen LogP contribution in [0.25, 0.3) is 0 Å². The zero-order valence-electron chi connectivity index (χ0n) is 13.0. The summed E-state index contributed by atoms with van der Waals surface area (Å²) in [7, 11) is 0. The lowest BCUT2D eigenvalue weighted by molar-refractivity contribution is 0.181. The molecule has 0 spiro atoms. The minimum Gasteiger partial charge on any atom is -0.490 e. The van der Waals surface area contributed by atoms with Gasteiger partial charge in [-0.1, -0.05) is 19.1 Å². The van der Waals surface area contributed by atoms with Crippen LogP contribution in [0.3, 0.4) is 0 Å². The molecule has 1 aromatic rings. The van der Waals surface area contributed by atoms with Crippen LogP contribution in [0.15, 0.2) is 24.3 Å². The Morgan fingerprint density at radius 3 is 2.95 bits per heavy atom. The Morgan fingerprint density at radius 2 is 2.24 bits per heavy atom. The maximum absolute atomic E-state index is 5.94. The highest BCUT2D eigenvalue weighted by atomic mass is 16.5. The van der Waals surface area contributed by atoms with Crippen molar-refractivity contribution < 1.29 is 9.47 Å². The first-order chi connectivity index (χ1) is 10.3. The zero-order chi connectivity index (χ0) is 14.5. The van der Waals surface area contributed by atoms with Gasteiger partial charge in [0.05, 0.1) is 6.10 Å². The monoisotopic (exact) mass is 289 g/mol. The van der Waals surface area contributed by atoms with Crippen molar-refractivity contribution in [1.82, 2.24) is 5.32 Å².